The predicted octanol–water partition coefficient (Wildman–Crippen LogP) is 2.84. The van der Waals surface area contributed by atoms with Gasteiger partial charge in [-0.3, -0.25) is 4.79 Å². The van der Waals surface area contributed by atoms with Gasteiger partial charge in [0.1, 0.15) is 0 Å². The lowest BCUT2D eigenvalue weighted by atomic mass is 9.90. The van der Waals surface area contributed by atoms with Gasteiger partial charge in [-0.25, -0.2) is 0 Å². The molecule has 0 spiro atoms. The molecule has 2 rings (SSSR count). The summed E-state index contributed by atoms with van der Waals surface area (Å²) in [7, 11) is 0. The van der Waals surface area contributed by atoms with Crippen molar-refractivity contribution in [2.45, 2.75) is 45.6 Å². The molecule has 0 unspecified atom stereocenters. The first-order valence-corrected chi connectivity index (χ1v) is 8.16. The van der Waals surface area contributed by atoms with E-state index in [9.17, 15) is 4.79 Å². The van der Waals surface area contributed by atoms with Crippen LogP contribution in [0.5, 0.6) is 0 Å². The molecule has 1 aliphatic rings. The van der Waals surface area contributed by atoms with Gasteiger partial charge < -0.3 is 10.6 Å². The highest BCUT2D eigenvalue weighted by atomic mass is 16.2. The number of benzene rings is 1. The molecule has 1 aromatic carbocycles. The van der Waals surface area contributed by atoms with E-state index in [1.54, 1.807) is 0 Å². The van der Waals surface area contributed by atoms with Gasteiger partial charge in [-0.1, -0.05) is 44.2 Å². The molecule has 3 nitrogen and oxygen atoms in total. The van der Waals surface area contributed by atoms with Crippen molar-refractivity contribution in [3.05, 3.63) is 35.9 Å². The minimum atomic E-state index is -0.342. The summed E-state index contributed by atoms with van der Waals surface area (Å²) < 4.78 is 0. The number of piperidine rings is 1. The Morgan fingerprint density at radius 1 is 1.24 bits per heavy atom. The SMILES string of the molecule is CC(C)[C@H](N)C(=O)N1CCC(CCc2ccccc2)CC1. The number of hydrogen-bond donors (Lipinski definition) is 1. The van der Waals surface area contributed by atoms with E-state index >= 15 is 0 Å². The van der Waals surface area contributed by atoms with Gasteiger partial charge >= 0.3 is 0 Å². The Bertz CT molecular complexity index is 436. The number of hydrogen-bond acceptors (Lipinski definition) is 2. The van der Waals surface area contributed by atoms with Crippen molar-refractivity contribution < 1.29 is 4.79 Å². The minimum Gasteiger partial charge on any atom is -0.341 e. The Hall–Kier alpha value is -1.35. The molecule has 21 heavy (non-hydrogen) atoms. The average molecular weight is 288 g/mol. The highest BCUT2D eigenvalue weighted by Crippen LogP contribution is 2.23. The van der Waals surface area contributed by atoms with Crippen LogP contribution in [0.4, 0.5) is 0 Å². The summed E-state index contributed by atoms with van der Waals surface area (Å²) in [4.78, 5) is 14.2. The van der Waals surface area contributed by atoms with E-state index in [0.717, 1.165) is 38.3 Å². The van der Waals surface area contributed by atoms with Crippen LogP contribution in [0.15, 0.2) is 30.3 Å². The molecule has 0 aliphatic carbocycles. The zero-order chi connectivity index (χ0) is 15.2. The maximum absolute atomic E-state index is 12.2. The molecular formula is C18H28N2O. The summed E-state index contributed by atoms with van der Waals surface area (Å²) in [5.41, 5.74) is 7.38. The lowest BCUT2D eigenvalue weighted by Gasteiger charge is -2.34. The number of likely N-dealkylation sites (tertiary alicyclic amines) is 1. The van der Waals surface area contributed by atoms with Crippen LogP contribution >= 0.6 is 0 Å². The van der Waals surface area contributed by atoms with Crippen molar-refractivity contribution in [3.8, 4) is 0 Å². The molecule has 1 heterocycles. The second kappa shape index (κ2) is 7.60. The molecule has 1 amide bonds. The Labute approximate surface area is 128 Å². The lowest BCUT2D eigenvalue weighted by molar-refractivity contribution is -0.135. The fraction of sp³-hybridized carbons (Fsp3) is 0.611. The normalized spacial score (nSPS) is 18.0. The summed E-state index contributed by atoms with van der Waals surface area (Å²) in [5.74, 6) is 1.09. The predicted molar refractivity (Wildman–Crippen MR) is 86.9 cm³/mol. The second-order valence-corrected chi connectivity index (χ2v) is 6.56. The van der Waals surface area contributed by atoms with E-state index in [4.69, 9.17) is 5.73 Å². The van der Waals surface area contributed by atoms with Crippen LogP contribution in [-0.4, -0.2) is 29.9 Å². The summed E-state index contributed by atoms with van der Waals surface area (Å²) in [5, 5.41) is 0. The van der Waals surface area contributed by atoms with Crippen LogP contribution in [0, 0.1) is 11.8 Å². The standard InChI is InChI=1S/C18H28N2O/c1-14(2)17(19)18(21)20-12-10-16(11-13-20)9-8-15-6-4-3-5-7-15/h3-7,14,16-17H,8-13,19H2,1-2H3/t17-/m0/s1. The molecule has 116 valence electrons. The lowest BCUT2D eigenvalue weighted by Crippen LogP contribution is -2.49. The Balaban J connectivity index is 1.74. The molecule has 3 heteroatoms. The summed E-state index contributed by atoms with van der Waals surface area (Å²) in [6, 6.07) is 10.3. The fourth-order valence-corrected chi connectivity index (χ4v) is 2.95. The number of amides is 1. The van der Waals surface area contributed by atoms with Gasteiger partial charge in [0.05, 0.1) is 6.04 Å². The molecule has 1 aromatic rings. The number of rotatable bonds is 5. The largest absolute Gasteiger partial charge is 0.341 e. The number of carbonyl (C=O) groups excluding carboxylic acids is 1. The van der Waals surface area contributed by atoms with Gasteiger partial charge in [0, 0.05) is 13.1 Å². The van der Waals surface area contributed by atoms with Crippen LogP contribution in [0.3, 0.4) is 0 Å². The first-order chi connectivity index (χ1) is 10.1. The van der Waals surface area contributed by atoms with Gasteiger partial charge in [0.15, 0.2) is 0 Å². The van der Waals surface area contributed by atoms with E-state index in [2.05, 4.69) is 30.3 Å². The van der Waals surface area contributed by atoms with Crippen LogP contribution < -0.4 is 5.73 Å². The zero-order valence-corrected chi connectivity index (χ0v) is 13.3. The van der Waals surface area contributed by atoms with Crippen molar-refractivity contribution in [1.82, 2.24) is 4.90 Å². The first-order valence-electron chi connectivity index (χ1n) is 8.16. The molecular weight excluding hydrogens is 260 g/mol. The topological polar surface area (TPSA) is 46.3 Å². The van der Waals surface area contributed by atoms with E-state index < -0.39 is 0 Å². The summed E-state index contributed by atoms with van der Waals surface area (Å²) in [6.45, 7) is 5.77. The van der Waals surface area contributed by atoms with E-state index in [-0.39, 0.29) is 17.9 Å². The Morgan fingerprint density at radius 2 is 1.86 bits per heavy atom. The molecule has 0 bridgehead atoms. The van der Waals surface area contributed by atoms with Gasteiger partial charge in [-0.2, -0.15) is 0 Å². The Morgan fingerprint density at radius 3 is 2.43 bits per heavy atom. The minimum absolute atomic E-state index is 0.131. The van der Waals surface area contributed by atoms with Crippen LogP contribution in [-0.2, 0) is 11.2 Å². The third-order valence-electron chi connectivity index (χ3n) is 4.61. The molecule has 0 saturated carbocycles. The van der Waals surface area contributed by atoms with Crippen LogP contribution in [0.25, 0.3) is 0 Å². The molecule has 2 N–H and O–H groups in total. The van der Waals surface area contributed by atoms with Gasteiger partial charge in [0.2, 0.25) is 5.91 Å². The van der Waals surface area contributed by atoms with Crippen molar-refractivity contribution >= 4 is 5.91 Å². The average Bonchev–Trinajstić information content (AvgIpc) is 2.53. The summed E-state index contributed by atoms with van der Waals surface area (Å²) in [6.07, 6.45) is 4.60. The number of aryl methyl sites for hydroxylation is 1. The number of carbonyl (C=O) groups is 1. The van der Waals surface area contributed by atoms with Gasteiger partial charge in [-0.05, 0) is 43.1 Å². The molecule has 0 radical (unpaired) electrons. The fourth-order valence-electron chi connectivity index (χ4n) is 2.95. The van der Waals surface area contributed by atoms with E-state index in [1.807, 2.05) is 18.7 Å². The zero-order valence-electron chi connectivity index (χ0n) is 13.3. The maximum atomic E-state index is 12.2. The third-order valence-corrected chi connectivity index (χ3v) is 4.61. The van der Waals surface area contributed by atoms with Crippen molar-refractivity contribution in [2.75, 3.05) is 13.1 Å². The first kappa shape index (κ1) is 16.0. The number of nitrogens with zero attached hydrogens (tertiary/aromatic N) is 1. The third kappa shape index (κ3) is 4.57. The van der Waals surface area contributed by atoms with E-state index in [0.29, 0.717) is 0 Å². The van der Waals surface area contributed by atoms with Crippen molar-refractivity contribution in [2.24, 2.45) is 17.6 Å². The molecule has 1 fully saturated rings. The monoisotopic (exact) mass is 288 g/mol. The molecule has 0 aromatic heterocycles. The van der Waals surface area contributed by atoms with Gasteiger partial charge in [0.25, 0.3) is 0 Å². The Kier molecular flexibility index (Phi) is 5.80. The molecule has 1 atom stereocenters. The van der Waals surface area contributed by atoms with Crippen molar-refractivity contribution in [3.63, 3.8) is 0 Å². The quantitative estimate of drug-likeness (QED) is 0.905. The molecule has 1 aliphatic heterocycles. The maximum Gasteiger partial charge on any atom is 0.239 e. The highest BCUT2D eigenvalue weighted by molar-refractivity contribution is 5.82. The second-order valence-electron chi connectivity index (χ2n) is 6.56. The van der Waals surface area contributed by atoms with Gasteiger partial charge in [-0.15, -0.1) is 0 Å². The highest BCUT2D eigenvalue weighted by Gasteiger charge is 2.27. The molecule has 1 saturated heterocycles. The smallest absolute Gasteiger partial charge is 0.239 e. The summed E-state index contributed by atoms with van der Waals surface area (Å²) >= 11 is 0. The van der Waals surface area contributed by atoms with Crippen LogP contribution in [0.2, 0.25) is 0 Å². The number of nitrogens with two attached hydrogens (primary N) is 1. The van der Waals surface area contributed by atoms with Crippen molar-refractivity contribution in [1.29, 1.82) is 0 Å². The van der Waals surface area contributed by atoms with Crippen LogP contribution in [0.1, 0.15) is 38.7 Å². The van der Waals surface area contributed by atoms with E-state index in [1.165, 1.54) is 12.0 Å².